The Morgan fingerprint density at radius 3 is 2.25 bits per heavy atom. The van der Waals surface area contributed by atoms with Crippen molar-refractivity contribution in [1.29, 1.82) is 0 Å². The van der Waals surface area contributed by atoms with E-state index in [0.29, 0.717) is 26.3 Å². The molecule has 1 aromatic rings. The molecular formula is C14H21NO5. The van der Waals surface area contributed by atoms with E-state index in [9.17, 15) is 4.79 Å². The molecule has 0 radical (unpaired) electrons. The Hall–Kier alpha value is -1.79. The summed E-state index contributed by atoms with van der Waals surface area (Å²) in [6, 6.07) is 7.26. The molecule has 0 aliphatic heterocycles. The van der Waals surface area contributed by atoms with Crippen LogP contribution in [0.15, 0.2) is 24.3 Å². The lowest BCUT2D eigenvalue weighted by molar-refractivity contribution is -0.138. The van der Waals surface area contributed by atoms with Gasteiger partial charge in [0.1, 0.15) is 18.1 Å². The summed E-state index contributed by atoms with van der Waals surface area (Å²) in [7, 11) is 3.20. The Kier molecular flexibility index (Phi) is 7.46. The highest BCUT2D eigenvalue weighted by molar-refractivity contribution is 5.69. The third-order valence-corrected chi connectivity index (χ3v) is 2.71. The largest absolute Gasteiger partial charge is 0.497 e. The molecule has 20 heavy (non-hydrogen) atoms. The van der Waals surface area contributed by atoms with Crippen molar-refractivity contribution < 1.29 is 24.1 Å². The number of methoxy groups -OCH3 is 2. The summed E-state index contributed by atoms with van der Waals surface area (Å²) in [6.45, 7) is 1.99. The van der Waals surface area contributed by atoms with Crippen molar-refractivity contribution in [1.82, 2.24) is 4.90 Å². The predicted octanol–water partition coefficient (Wildman–Crippen LogP) is 1.11. The van der Waals surface area contributed by atoms with Gasteiger partial charge < -0.3 is 19.3 Å². The molecule has 0 saturated carbocycles. The second kappa shape index (κ2) is 9.17. The standard InChI is InChI=1S/C14H21NO5/c1-18-9-7-15(11-14(16)17)8-10-20-13-5-3-12(19-2)4-6-13/h3-6H,7-11H2,1-2H3,(H,16,17). The van der Waals surface area contributed by atoms with Crippen LogP contribution < -0.4 is 9.47 Å². The predicted molar refractivity (Wildman–Crippen MR) is 74.4 cm³/mol. The molecule has 0 bridgehead atoms. The number of benzene rings is 1. The van der Waals surface area contributed by atoms with Crippen molar-refractivity contribution >= 4 is 5.97 Å². The smallest absolute Gasteiger partial charge is 0.317 e. The molecule has 0 atom stereocenters. The Balaban J connectivity index is 2.35. The first kappa shape index (κ1) is 16.3. The number of rotatable bonds is 10. The minimum atomic E-state index is -0.856. The van der Waals surface area contributed by atoms with Crippen LogP contribution >= 0.6 is 0 Å². The molecule has 0 spiro atoms. The first-order chi connectivity index (χ1) is 9.65. The van der Waals surface area contributed by atoms with E-state index >= 15 is 0 Å². The lowest BCUT2D eigenvalue weighted by Crippen LogP contribution is -2.35. The van der Waals surface area contributed by atoms with Gasteiger partial charge in [0.15, 0.2) is 0 Å². The van der Waals surface area contributed by atoms with Crippen molar-refractivity contribution in [2.75, 3.05) is 47.1 Å². The van der Waals surface area contributed by atoms with Gasteiger partial charge in [0.25, 0.3) is 0 Å². The Bertz CT molecular complexity index is 393. The van der Waals surface area contributed by atoms with Gasteiger partial charge in [0.2, 0.25) is 0 Å². The number of ether oxygens (including phenoxy) is 3. The van der Waals surface area contributed by atoms with Crippen molar-refractivity contribution in [3.05, 3.63) is 24.3 Å². The maximum atomic E-state index is 10.7. The van der Waals surface area contributed by atoms with Gasteiger partial charge >= 0.3 is 5.97 Å². The van der Waals surface area contributed by atoms with Crippen LogP contribution in [0, 0.1) is 0 Å². The molecular weight excluding hydrogens is 262 g/mol. The van der Waals surface area contributed by atoms with E-state index in [0.717, 1.165) is 11.5 Å². The van der Waals surface area contributed by atoms with Crippen LogP contribution in [0.1, 0.15) is 0 Å². The number of nitrogens with zero attached hydrogens (tertiary/aromatic N) is 1. The van der Waals surface area contributed by atoms with Gasteiger partial charge in [-0.05, 0) is 24.3 Å². The highest BCUT2D eigenvalue weighted by Crippen LogP contribution is 2.16. The summed E-state index contributed by atoms with van der Waals surface area (Å²) in [6.07, 6.45) is 0. The van der Waals surface area contributed by atoms with Crippen molar-refractivity contribution in [3.63, 3.8) is 0 Å². The zero-order chi connectivity index (χ0) is 14.8. The van der Waals surface area contributed by atoms with Crippen molar-refractivity contribution in [3.8, 4) is 11.5 Å². The molecule has 0 amide bonds. The van der Waals surface area contributed by atoms with Crippen LogP contribution in [0.25, 0.3) is 0 Å². The fourth-order valence-electron chi connectivity index (χ4n) is 1.65. The topological polar surface area (TPSA) is 68.2 Å². The van der Waals surface area contributed by atoms with Crippen LogP contribution in [0.5, 0.6) is 11.5 Å². The molecule has 112 valence electrons. The zero-order valence-corrected chi connectivity index (χ0v) is 11.9. The number of carbonyl (C=O) groups is 1. The first-order valence-corrected chi connectivity index (χ1v) is 6.35. The lowest BCUT2D eigenvalue weighted by Gasteiger charge is -2.19. The van der Waals surface area contributed by atoms with E-state index in [1.54, 1.807) is 19.1 Å². The first-order valence-electron chi connectivity index (χ1n) is 6.35. The minimum Gasteiger partial charge on any atom is -0.497 e. The maximum Gasteiger partial charge on any atom is 0.317 e. The molecule has 0 saturated heterocycles. The molecule has 0 unspecified atom stereocenters. The van der Waals surface area contributed by atoms with E-state index in [-0.39, 0.29) is 6.54 Å². The van der Waals surface area contributed by atoms with Gasteiger partial charge in [-0.2, -0.15) is 0 Å². The Morgan fingerprint density at radius 1 is 1.10 bits per heavy atom. The Labute approximate surface area is 118 Å². The summed E-state index contributed by atoms with van der Waals surface area (Å²) in [5, 5.41) is 8.82. The fourth-order valence-corrected chi connectivity index (χ4v) is 1.65. The van der Waals surface area contributed by atoms with Crippen LogP contribution in [0.2, 0.25) is 0 Å². The van der Waals surface area contributed by atoms with Gasteiger partial charge in [-0.1, -0.05) is 0 Å². The molecule has 1 N–H and O–H groups in total. The molecule has 0 fully saturated rings. The number of hydrogen-bond acceptors (Lipinski definition) is 5. The highest BCUT2D eigenvalue weighted by Gasteiger charge is 2.09. The van der Waals surface area contributed by atoms with Crippen molar-refractivity contribution in [2.24, 2.45) is 0 Å². The quantitative estimate of drug-likeness (QED) is 0.693. The Morgan fingerprint density at radius 2 is 1.70 bits per heavy atom. The third kappa shape index (κ3) is 6.40. The zero-order valence-electron chi connectivity index (χ0n) is 11.9. The van der Waals surface area contributed by atoms with E-state index in [2.05, 4.69) is 0 Å². The third-order valence-electron chi connectivity index (χ3n) is 2.71. The molecule has 0 heterocycles. The normalized spacial score (nSPS) is 10.6. The number of carboxylic acid groups (broad SMARTS) is 1. The summed E-state index contributed by atoms with van der Waals surface area (Å²) < 4.78 is 15.6. The second-order valence-corrected chi connectivity index (χ2v) is 4.19. The summed E-state index contributed by atoms with van der Waals surface area (Å²) in [5.74, 6) is 0.642. The summed E-state index contributed by atoms with van der Waals surface area (Å²) in [5.41, 5.74) is 0. The molecule has 1 aromatic carbocycles. The maximum absolute atomic E-state index is 10.7. The van der Waals surface area contributed by atoms with Gasteiger partial charge in [0.05, 0.1) is 20.3 Å². The van der Waals surface area contributed by atoms with Crippen LogP contribution in [-0.4, -0.2) is 63.0 Å². The highest BCUT2D eigenvalue weighted by atomic mass is 16.5. The summed E-state index contributed by atoms with van der Waals surface area (Å²) >= 11 is 0. The number of carboxylic acids is 1. The lowest BCUT2D eigenvalue weighted by atomic mass is 10.3. The molecule has 6 heteroatoms. The molecule has 1 rings (SSSR count). The van der Waals surface area contributed by atoms with Crippen molar-refractivity contribution in [2.45, 2.75) is 0 Å². The molecule has 0 aromatic heterocycles. The van der Waals surface area contributed by atoms with Gasteiger partial charge in [0, 0.05) is 20.2 Å². The molecule has 0 aliphatic carbocycles. The van der Waals surface area contributed by atoms with E-state index in [4.69, 9.17) is 19.3 Å². The van der Waals surface area contributed by atoms with Crippen LogP contribution in [-0.2, 0) is 9.53 Å². The van der Waals surface area contributed by atoms with Crippen LogP contribution in [0.3, 0.4) is 0 Å². The second-order valence-electron chi connectivity index (χ2n) is 4.19. The van der Waals surface area contributed by atoms with Gasteiger partial charge in [-0.15, -0.1) is 0 Å². The van der Waals surface area contributed by atoms with Gasteiger partial charge in [-0.25, -0.2) is 0 Å². The SMILES string of the molecule is COCCN(CCOc1ccc(OC)cc1)CC(=O)O. The van der Waals surface area contributed by atoms with Crippen LogP contribution in [0.4, 0.5) is 0 Å². The fraction of sp³-hybridized carbons (Fsp3) is 0.500. The average Bonchev–Trinajstić information content (AvgIpc) is 2.44. The van der Waals surface area contributed by atoms with E-state index < -0.39 is 5.97 Å². The molecule has 6 nitrogen and oxygen atoms in total. The number of hydrogen-bond donors (Lipinski definition) is 1. The average molecular weight is 283 g/mol. The minimum absolute atomic E-state index is 0.0185. The van der Waals surface area contributed by atoms with E-state index in [1.165, 1.54) is 0 Å². The molecule has 0 aliphatic rings. The van der Waals surface area contributed by atoms with E-state index in [1.807, 2.05) is 24.3 Å². The summed E-state index contributed by atoms with van der Waals surface area (Å²) in [4.78, 5) is 12.5. The monoisotopic (exact) mass is 283 g/mol. The number of aliphatic carboxylic acids is 1. The van der Waals surface area contributed by atoms with Gasteiger partial charge in [-0.3, -0.25) is 9.69 Å².